The molecule has 29 heavy (non-hydrogen) atoms. The second-order valence-electron chi connectivity index (χ2n) is 6.90. The predicted octanol–water partition coefficient (Wildman–Crippen LogP) is 2.58. The number of nitrogens with zero attached hydrogens (tertiary/aromatic N) is 2. The van der Waals surface area contributed by atoms with Gasteiger partial charge in [0.2, 0.25) is 11.8 Å². The third-order valence-corrected chi connectivity index (χ3v) is 4.95. The van der Waals surface area contributed by atoms with Crippen LogP contribution in [0, 0.1) is 0 Å². The van der Waals surface area contributed by atoms with Gasteiger partial charge in [-0.05, 0) is 43.3 Å². The molecule has 7 nitrogen and oxygen atoms in total. The molecule has 1 fully saturated rings. The fourth-order valence-corrected chi connectivity index (χ4v) is 3.33. The number of piperazine rings is 1. The van der Waals surface area contributed by atoms with Gasteiger partial charge in [0.1, 0.15) is 12.2 Å². The minimum Gasteiger partial charge on any atom is -0.495 e. The van der Waals surface area contributed by atoms with Crippen molar-refractivity contribution in [3.05, 3.63) is 54.1 Å². The molecule has 0 atom stereocenters. The minimum absolute atomic E-state index is 0.0367. The maximum Gasteiger partial charge on any atom is 0.233 e. The number of amides is 2. The SMILES string of the molecule is COc1ccccc1N1CCN(C(=O)CC(=O)Nc2ccc(C(C)=O)cc2)CC1. The summed E-state index contributed by atoms with van der Waals surface area (Å²) in [7, 11) is 1.64. The van der Waals surface area contributed by atoms with E-state index in [9.17, 15) is 14.4 Å². The Morgan fingerprint density at radius 3 is 2.24 bits per heavy atom. The lowest BCUT2D eigenvalue weighted by Crippen LogP contribution is -2.49. The first-order chi connectivity index (χ1) is 14.0. The van der Waals surface area contributed by atoms with E-state index < -0.39 is 0 Å². The molecule has 0 saturated carbocycles. The second-order valence-corrected chi connectivity index (χ2v) is 6.90. The smallest absolute Gasteiger partial charge is 0.233 e. The zero-order valence-electron chi connectivity index (χ0n) is 16.7. The molecule has 0 spiro atoms. The molecule has 0 unspecified atom stereocenters. The molecule has 1 aliphatic heterocycles. The zero-order valence-corrected chi connectivity index (χ0v) is 16.7. The number of ketones is 1. The molecule has 1 heterocycles. The number of benzene rings is 2. The van der Waals surface area contributed by atoms with E-state index >= 15 is 0 Å². The molecule has 1 N–H and O–H groups in total. The van der Waals surface area contributed by atoms with Crippen LogP contribution in [0.25, 0.3) is 0 Å². The van der Waals surface area contributed by atoms with Gasteiger partial charge in [-0.1, -0.05) is 12.1 Å². The summed E-state index contributed by atoms with van der Waals surface area (Å²) in [6, 6.07) is 14.4. The lowest BCUT2D eigenvalue weighted by atomic mass is 10.1. The first-order valence-electron chi connectivity index (χ1n) is 9.54. The van der Waals surface area contributed by atoms with Crippen molar-refractivity contribution in [2.24, 2.45) is 0 Å². The first-order valence-corrected chi connectivity index (χ1v) is 9.54. The molecule has 2 amide bonds. The number of methoxy groups -OCH3 is 1. The summed E-state index contributed by atoms with van der Waals surface area (Å²) in [5.74, 6) is 0.216. The van der Waals surface area contributed by atoms with Crippen LogP contribution in [-0.2, 0) is 9.59 Å². The molecule has 0 radical (unpaired) electrons. The van der Waals surface area contributed by atoms with Crippen molar-refractivity contribution in [1.82, 2.24) is 4.90 Å². The van der Waals surface area contributed by atoms with Gasteiger partial charge in [-0.3, -0.25) is 14.4 Å². The number of anilines is 2. The van der Waals surface area contributed by atoms with Gasteiger partial charge in [-0.15, -0.1) is 0 Å². The van der Waals surface area contributed by atoms with E-state index in [4.69, 9.17) is 4.74 Å². The standard InChI is InChI=1S/C22H25N3O4/c1-16(26)17-7-9-18(10-8-17)23-21(27)15-22(28)25-13-11-24(12-14-25)19-5-3-4-6-20(19)29-2/h3-10H,11-15H2,1-2H3,(H,23,27). The lowest BCUT2D eigenvalue weighted by molar-refractivity contribution is -0.134. The minimum atomic E-state index is -0.363. The van der Waals surface area contributed by atoms with Crippen LogP contribution >= 0.6 is 0 Å². The van der Waals surface area contributed by atoms with Gasteiger partial charge in [0, 0.05) is 37.4 Å². The van der Waals surface area contributed by atoms with E-state index in [1.165, 1.54) is 6.92 Å². The van der Waals surface area contributed by atoms with Crippen molar-refractivity contribution in [2.45, 2.75) is 13.3 Å². The fraction of sp³-hybridized carbons (Fsp3) is 0.318. The number of para-hydroxylation sites is 2. The Balaban J connectivity index is 1.50. The Labute approximate surface area is 170 Å². The quantitative estimate of drug-likeness (QED) is 0.601. The van der Waals surface area contributed by atoms with E-state index in [1.807, 2.05) is 24.3 Å². The Bertz CT molecular complexity index is 887. The third-order valence-electron chi connectivity index (χ3n) is 4.95. The molecule has 0 bridgehead atoms. The number of hydrogen-bond acceptors (Lipinski definition) is 5. The topological polar surface area (TPSA) is 79.0 Å². The summed E-state index contributed by atoms with van der Waals surface area (Å²) in [5.41, 5.74) is 2.15. The number of Topliss-reactive ketones (excluding diaryl/α,β-unsaturated/α-hetero) is 1. The highest BCUT2D eigenvalue weighted by Crippen LogP contribution is 2.28. The lowest BCUT2D eigenvalue weighted by Gasteiger charge is -2.36. The van der Waals surface area contributed by atoms with Gasteiger partial charge < -0.3 is 19.9 Å². The highest BCUT2D eigenvalue weighted by atomic mass is 16.5. The van der Waals surface area contributed by atoms with Crippen molar-refractivity contribution >= 4 is 29.0 Å². The number of ether oxygens (including phenoxy) is 1. The first kappa shape index (κ1) is 20.4. The number of nitrogens with one attached hydrogen (secondary N) is 1. The highest BCUT2D eigenvalue weighted by Gasteiger charge is 2.24. The molecule has 0 aromatic heterocycles. The van der Waals surface area contributed by atoms with Crippen molar-refractivity contribution in [3.8, 4) is 5.75 Å². The molecular formula is C22H25N3O4. The summed E-state index contributed by atoms with van der Waals surface area (Å²) < 4.78 is 5.41. The van der Waals surface area contributed by atoms with Gasteiger partial charge >= 0.3 is 0 Å². The van der Waals surface area contributed by atoms with Crippen LogP contribution in [0.5, 0.6) is 5.75 Å². The van der Waals surface area contributed by atoms with Gasteiger partial charge in [-0.25, -0.2) is 0 Å². The van der Waals surface area contributed by atoms with Crippen LogP contribution in [0.3, 0.4) is 0 Å². The molecule has 0 aliphatic carbocycles. The Morgan fingerprint density at radius 2 is 1.62 bits per heavy atom. The summed E-state index contributed by atoms with van der Waals surface area (Å²) >= 11 is 0. The van der Waals surface area contributed by atoms with Gasteiger partial charge in [0.25, 0.3) is 0 Å². The van der Waals surface area contributed by atoms with E-state index in [2.05, 4.69) is 10.2 Å². The van der Waals surface area contributed by atoms with Crippen LogP contribution in [-0.4, -0.2) is 55.8 Å². The van der Waals surface area contributed by atoms with Gasteiger partial charge in [-0.2, -0.15) is 0 Å². The largest absolute Gasteiger partial charge is 0.495 e. The monoisotopic (exact) mass is 395 g/mol. The second kappa shape index (κ2) is 9.23. The maximum absolute atomic E-state index is 12.5. The van der Waals surface area contributed by atoms with Crippen molar-refractivity contribution in [2.75, 3.05) is 43.5 Å². The average molecular weight is 395 g/mol. The number of carbonyl (C=O) groups excluding carboxylic acids is 3. The van der Waals surface area contributed by atoms with Crippen LogP contribution in [0.4, 0.5) is 11.4 Å². The van der Waals surface area contributed by atoms with Crippen molar-refractivity contribution < 1.29 is 19.1 Å². The van der Waals surface area contributed by atoms with Crippen molar-refractivity contribution in [3.63, 3.8) is 0 Å². The van der Waals surface area contributed by atoms with Crippen LogP contribution < -0.4 is 15.0 Å². The summed E-state index contributed by atoms with van der Waals surface area (Å²) in [6.07, 6.45) is -0.205. The normalized spacial score (nSPS) is 13.7. The average Bonchev–Trinajstić information content (AvgIpc) is 2.74. The van der Waals surface area contributed by atoms with E-state index in [-0.39, 0.29) is 24.0 Å². The Morgan fingerprint density at radius 1 is 0.966 bits per heavy atom. The maximum atomic E-state index is 12.5. The van der Waals surface area contributed by atoms with E-state index in [0.29, 0.717) is 37.4 Å². The summed E-state index contributed by atoms with van der Waals surface area (Å²) in [5, 5.41) is 2.70. The third kappa shape index (κ3) is 5.13. The summed E-state index contributed by atoms with van der Waals surface area (Å²) in [6.45, 7) is 3.95. The molecule has 2 aromatic carbocycles. The van der Waals surface area contributed by atoms with Crippen LogP contribution in [0.15, 0.2) is 48.5 Å². The Hall–Kier alpha value is -3.35. The molecule has 2 aromatic rings. The number of hydrogen-bond donors (Lipinski definition) is 1. The predicted molar refractivity (Wildman–Crippen MR) is 111 cm³/mol. The highest BCUT2D eigenvalue weighted by molar-refractivity contribution is 6.04. The number of carbonyl (C=O) groups is 3. The van der Waals surface area contributed by atoms with Crippen molar-refractivity contribution in [1.29, 1.82) is 0 Å². The summed E-state index contributed by atoms with van der Waals surface area (Å²) in [4.78, 5) is 39.9. The van der Waals surface area contributed by atoms with Gasteiger partial charge in [0.15, 0.2) is 5.78 Å². The molecule has 1 saturated heterocycles. The zero-order chi connectivity index (χ0) is 20.8. The Kier molecular flexibility index (Phi) is 6.49. The molecule has 152 valence electrons. The molecule has 3 rings (SSSR count). The van der Waals surface area contributed by atoms with Crippen LogP contribution in [0.1, 0.15) is 23.7 Å². The van der Waals surface area contributed by atoms with Gasteiger partial charge in [0.05, 0.1) is 12.8 Å². The van der Waals surface area contributed by atoms with E-state index in [0.717, 1.165) is 11.4 Å². The molecule has 1 aliphatic rings. The van der Waals surface area contributed by atoms with Crippen LogP contribution in [0.2, 0.25) is 0 Å². The molecular weight excluding hydrogens is 370 g/mol. The molecule has 7 heteroatoms. The number of rotatable bonds is 6. The fourth-order valence-electron chi connectivity index (χ4n) is 3.33. The van der Waals surface area contributed by atoms with E-state index in [1.54, 1.807) is 36.3 Å².